The van der Waals surface area contributed by atoms with E-state index in [-0.39, 0.29) is 18.2 Å². The van der Waals surface area contributed by atoms with Crippen LogP contribution in [0.4, 0.5) is 5.69 Å². The molecule has 1 atom stereocenters. The van der Waals surface area contributed by atoms with E-state index < -0.39 is 5.97 Å². The van der Waals surface area contributed by atoms with Crippen LogP contribution in [0, 0.1) is 5.92 Å². The molecule has 3 N–H and O–H groups in total. The standard InChI is InChI=1S/C13H18BrNO3/c1-8(2)11(5-6-16)15-12-4-3-9(14)7-10(12)13(17)18/h3-4,7-8,11,15-16H,5-6H2,1-2H3,(H,17,18). The van der Waals surface area contributed by atoms with Crippen LogP contribution in [0.5, 0.6) is 0 Å². The summed E-state index contributed by atoms with van der Waals surface area (Å²) in [5.41, 5.74) is 0.811. The van der Waals surface area contributed by atoms with Gasteiger partial charge in [-0.25, -0.2) is 4.79 Å². The van der Waals surface area contributed by atoms with Gasteiger partial charge in [0.25, 0.3) is 0 Å². The summed E-state index contributed by atoms with van der Waals surface area (Å²) in [4.78, 5) is 11.2. The number of nitrogens with one attached hydrogen (secondary N) is 1. The van der Waals surface area contributed by atoms with Crippen LogP contribution in [0.1, 0.15) is 30.6 Å². The van der Waals surface area contributed by atoms with Crippen molar-refractivity contribution in [2.75, 3.05) is 11.9 Å². The largest absolute Gasteiger partial charge is 0.478 e. The number of aromatic carboxylic acids is 1. The lowest BCUT2D eigenvalue weighted by molar-refractivity contribution is 0.0697. The predicted octanol–water partition coefficient (Wildman–Crippen LogP) is 2.97. The van der Waals surface area contributed by atoms with Gasteiger partial charge in [-0.15, -0.1) is 0 Å². The van der Waals surface area contributed by atoms with Crippen LogP contribution in [0.3, 0.4) is 0 Å². The predicted molar refractivity (Wildman–Crippen MR) is 75.1 cm³/mol. The third-order valence-corrected chi connectivity index (χ3v) is 3.29. The molecular weight excluding hydrogens is 298 g/mol. The summed E-state index contributed by atoms with van der Waals surface area (Å²) in [6, 6.07) is 5.15. The van der Waals surface area contributed by atoms with Crippen LogP contribution in [-0.2, 0) is 0 Å². The summed E-state index contributed by atoms with van der Waals surface area (Å²) in [6.45, 7) is 4.15. The number of benzene rings is 1. The Morgan fingerprint density at radius 3 is 2.61 bits per heavy atom. The summed E-state index contributed by atoms with van der Waals surface area (Å²) in [7, 11) is 0. The molecule has 0 radical (unpaired) electrons. The monoisotopic (exact) mass is 315 g/mol. The summed E-state index contributed by atoms with van der Waals surface area (Å²) in [6.07, 6.45) is 0.590. The van der Waals surface area contributed by atoms with Gasteiger partial charge in [-0.2, -0.15) is 0 Å². The number of halogens is 1. The summed E-state index contributed by atoms with van der Waals surface area (Å²) in [5, 5.41) is 21.4. The normalized spacial score (nSPS) is 12.5. The molecule has 4 nitrogen and oxygen atoms in total. The fraction of sp³-hybridized carbons (Fsp3) is 0.462. The zero-order valence-corrected chi connectivity index (χ0v) is 12.1. The number of aliphatic hydroxyl groups is 1. The van der Waals surface area contributed by atoms with Gasteiger partial charge in [0, 0.05) is 22.8 Å². The lowest BCUT2D eigenvalue weighted by Crippen LogP contribution is -2.27. The second-order valence-electron chi connectivity index (χ2n) is 4.50. The average Bonchev–Trinajstić information content (AvgIpc) is 2.30. The Morgan fingerprint density at radius 2 is 2.11 bits per heavy atom. The number of carboxylic acid groups (broad SMARTS) is 1. The van der Waals surface area contributed by atoms with Crippen molar-refractivity contribution < 1.29 is 15.0 Å². The molecule has 100 valence electrons. The first-order valence-electron chi connectivity index (χ1n) is 5.86. The highest BCUT2D eigenvalue weighted by atomic mass is 79.9. The first-order chi connectivity index (χ1) is 8.45. The fourth-order valence-electron chi connectivity index (χ4n) is 1.73. The molecule has 0 fully saturated rings. The highest BCUT2D eigenvalue weighted by Gasteiger charge is 2.17. The van der Waals surface area contributed by atoms with Crippen LogP contribution >= 0.6 is 15.9 Å². The number of hydrogen-bond donors (Lipinski definition) is 3. The van der Waals surface area contributed by atoms with E-state index in [1.165, 1.54) is 0 Å². The number of hydrogen-bond acceptors (Lipinski definition) is 3. The number of anilines is 1. The molecule has 0 heterocycles. The maximum atomic E-state index is 11.2. The number of carbonyl (C=O) groups is 1. The van der Waals surface area contributed by atoms with Gasteiger partial charge in [0.2, 0.25) is 0 Å². The van der Waals surface area contributed by atoms with Crippen molar-refractivity contribution in [1.29, 1.82) is 0 Å². The van der Waals surface area contributed by atoms with Crippen molar-refractivity contribution in [3.63, 3.8) is 0 Å². The quantitative estimate of drug-likeness (QED) is 0.755. The Labute approximate surface area is 115 Å². The van der Waals surface area contributed by atoms with Gasteiger partial charge in [-0.3, -0.25) is 0 Å². The van der Waals surface area contributed by atoms with Gasteiger partial charge in [0.05, 0.1) is 5.56 Å². The topological polar surface area (TPSA) is 69.6 Å². The first kappa shape index (κ1) is 15.0. The van der Waals surface area contributed by atoms with E-state index in [0.717, 1.165) is 4.47 Å². The molecule has 0 saturated carbocycles. The third kappa shape index (κ3) is 3.99. The smallest absolute Gasteiger partial charge is 0.337 e. The fourth-order valence-corrected chi connectivity index (χ4v) is 2.09. The molecule has 0 spiro atoms. The van der Waals surface area contributed by atoms with E-state index >= 15 is 0 Å². The molecule has 0 aliphatic heterocycles. The molecule has 1 aromatic rings. The lowest BCUT2D eigenvalue weighted by Gasteiger charge is -2.23. The third-order valence-electron chi connectivity index (χ3n) is 2.80. The average molecular weight is 316 g/mol. The van der Waals surface area contributed by atoms with E-state index in [4.69, 9.17) is 10.2 Å². The maximum Gasteiger partial charge on any atom is 0.337 e. The second kappa shape index (κ2) is 6.75. The van der Waals surface area contributed by atoms with Crippen LogP contribution in [0.15, 0.2) is 22.7 Å². The van der Waals surface area contributed by atoms with Crippen LogP contribution in [-0.4, -0.2) is 28.8 Å². The second-order valence-corrected chi connectivity index (χ2v) is 5.42. The molecule has 0 aliphatic carbocycles. The molecule has 0 bridgehead atoms. The van der Waals surface area contributed by atoms with Gasteiger partial charge in [-0.05, 0) is 30.5 Å². The van der Waals surface area contributed by atoms with Crippen molar-refractivity contribution in [3.8, 4) is 0 Å². The van der Waals surface area contributed by atoms with E-state index in [9.17, 15) is 4.79 Å². The molecule has 0 aliphatic rings. The molecule has 18 heavy (non-hydrogen) atoms. The van der Waals surface area contributed by atoms with Gasteiger partial charge < -0.3 is 15.5 Å². The molecule has 1 rings (SSSR count). The molecule has 1 unspecified atom stereocenters. The summed E-state index contributed by atoms with van der Waals surface area (Å²) < 4.78 is 0.730. The Kier molecular flexibility index (Phi) is 5.62. The van der Waals surface area contributed by atoms with E-state index in [2.05, 4.69) is 21.2 Å². The Bertz CT molecular complexity index is 421. The van der Waals surface area contributed by atoms with E-state index in [1.54, 1.807) is 18.2 Å². The first-order valence-corrected chi connectivity index (χ1v) is 6.65. The Hall–Kier alpha value is -1.07. The number of rotatable bonds is 6. The van der Waals surface area contributed by atoms with Crippen LogP contribution < -0.4 is 5.32 Å². The minimum absolute atomic E-state index is 0.0503. The molecular formula is C13H18BrNO3. The van der Waals surface area contributed by atoms with Gasteiger partial charge in [-0.1, -0.05) is 29.8 Å². The highest BCUT2D eigenvalue weighted by Crippen LogP contribution is 2.23. The molecule has 0 saturated heterocycles. The maximum absolute atomic E-state index is 11.2. The van der Waals surface area contributed by atoms with Crippen molar-refractivity contribution in [2.45, 2.75) is 26.3 Å². The van der Waals surface area contributed by atoms with Crippen molar-refractivity contribution in [3.05, 3.63) is 28.2 Å². The van der Waals surface area contributed by atoms with Gasteiger partial charge in [0.15, 0.2) is 0 Å². The Morgan fingerprint density at radius 1 is 1.44 bits per heavy atom. The summed E-state index contributed by atoms with van der Waals surface area (Å²) in [5.74, 6) is -0.659. The zero-order valence-electron chi connectivity index (χ0n) is 10.5. The highest BCUT2D eigenvalue weighted by molar-refractivity contribution is 9.10. The molecule has 0 aromatic heterocycles. The lowest BCUT2D eigenvalue weighted by atomic mass is 10.0. The zero-order chi connectivity index (χ0) is 13.7. The van der Waals surface area contributed by atoms with Crippen molar-refractivity contribution in [2.24, 2.45) is 5.92 Å². The molecule has 0 amide bonds. The molecule has 5 heteroatoms. The van der Waals surface area contributed by atoms with Crippen molar-refractivity contribution in [1.82, 2.24) is 0 Å². The van der Waals surface area contributed by atoms with Gasteiger partial charge >= 0.3 is 5.97 Å². The van der Waals surface area contributed by atoms with Crippen LogP contribution in [0.25, 0.3) is 0 Å². The number of aliphatic hydroxyl groups excluding tert-OH is 1. The van der Waals surface area contributed by atoms with Gasteiger partial charge in [0.1, 0.15) is 0 Å². The minimum atomic E-state index is -0.967. The van der Waals surface area contributed by atoms with E-state index in [0.29, 0.717) is 18.0 Å². The van der Waals surface area contributed by atoms with Crippen LogP contribution in [0.2, 0.25) is 0 Å². The minimum Gasteiger partial charge on any atom is -0.478 e. The van der Waals surface area contributed by atoms with Crippen molar-refractivity contribution >= 4 is 27.6 Å². The Balaban J connectivity index is 2.98. The molecule has 1 aromatic carbocycles. The number of carboxylic acids is 1. The summed E-state index contributed by atoms with van der Waals surface area (Å²) >= 11 is 3.26. The SMILES string of the molecule is CC(C)C(CCO)Nc1ccc(Br)cc1C(=O)O. The van der Waals surface area contributed by atoms with E-state index in [1.807, 2.05) is 13.8 Å².